The van der Waals surface area contributed by atoms with Crippen LogP contribution in [0.25, 0.3) is 10.2 Å². The number of nitrogens with zero attached hydrogens (tertiary/aromatic N) is 2. The van der Waals surface area contributed by atoms with Gasteiger partial charge in [0.2, 0.25) is 5.88 Å². The van der Waals surface area contributed by atoms with Crippen LogP contribution in [0.1, 0.15) is 5.56 Å². The molecule has 0 bridgehead atoms. The topological polar surface area (TPSA) is 47.0 Å². The summed E-state index contributed by atoms with van der Waals surface area (Å²) in [4.78, 5) is 8.59. The molecule has 1 aromatic carbocycles. The Labute approximate surface area is 125 Å². The predicted octanol–water partition coefficient (Wildman–Crippen LogP) is 3.97. The number of hydrogen-bond acceptors (Lipinski definition) is 5. The Morgan fingerprint density at radius 1 is 1.30 bits per heavy atom. The first kappa shape index (κ1) is 13.1. The van der Waals surface area contributed by atoms with Gasteiger partial charge in [-0.15, -0.1) is 0 Å². The maximum Gasteiger partial charge on any atom is 0.213 e. The molecule has 2 heterocycles. The largest absolute Gasteiger partial charge is 0.481 e. The van der Waals surface area contributed by atoms with Gasteiger partial charge < -0.3 is 10.1 Å². The molecule has 0 radical (unpaired) electrons. The average Bonchev–Trinajstić information content (AvgIpc) is 2.87. The van der Waals surface area contributed by atoms with Crippen LogP contribution in [-0.2, 0) is 6.54 Å². The minimum absolute atomic E-state index is 0.611. The second-order valence-corrected chi connectivity index (χ2v) is 5.66. The summed E-state index contributed by atoms with van der Waals surface area (Å²) in [5.41, 5.74) is 2.01. The van der Waals surface area contributed by atoms with E-state index >= 15 is 0 Å². The van der Waals surface area contributed by atoms with Gasteiger partial charge >= 0.3 is 0 Å². The second-order valence-electron chi connectivity index (χ2n) is 4.19. The van der Waals surface area contributed by atoms with E-state index in [-0.39, 0.29) is 0 Å². The summed E-state index contributed by atoms with van der Waals surface area (Å²) in [5.74, 6) is 0.611. The van der Waals surface area contributed by atoms with Crippen molar-refractivity contribution >= 4 is 38.3 Å². The van der Waals surface area contributed by atoms with Crippen LogP contribution in [-0.4, -0.2) is 17.1 Å². The summed E-state index contributed by atoms with van der Waals surface area (Å²) in [6.45, 7) is 0.673. The predicted molar refractivity (Wildman–Crippen MR) is 82.7 cm³/mol. The Kier molecular flexibility index (Phi) is 3.71. The zero-order valence-corrected chi connectivity index (χ0v) is 12.3. The molecule has 6 heteroatoms. The van der Waals surface area contributed by atoms with Gasteiger partial charge in [0.1, 0.15) is 0 Å². The molecule has 4 nitrogen and oxygen atoms in total. The Hall–Kier alpha value is -1.85. The van der Waals surface area contributed by atoms with E-state index in [0.29, 0.717) is 17.4 Å². The van der Waals surface area contributed by atoms with Gasteiger partial charge in [-0.05, 0) is 29.8 Å². The van der Waals surface area contributed by atoms with Crippen molar-refractivity contribution in [2.45, 2.75) is 6.54 Å². The van der Waals surface area contributed by atoms with Gasteiger partial charge in [-0.3, -0.25) is 0 Å². The van der Waals surface area contributed by atoms with Crippen LogP contribution in [0.2, 0.25) is 5.02 Å². The zero-order chi connectivity index (χ0) is 13.9. The number of rotatable bonds is 4. The van der Waals surface area contributed by atoms with E-state index in [2.05, 4.69) is 15.3 Å². The number of halogens is 1. The number of nitrogens with one attached hydrogen (secondary N) is 1. The lowest BCUT2D eigenvalue weighted by Gasteiger charge is -2.04. The van der Waals surface area contributed by atoms with E-state index in [1.807, 2.05) is 30.3 Å². The van der Waals surface area contributed by atoms with Gasteiger partial charge in [0, 0.05) is 23.8 Å². The lowest BCUT2D eigenvalue weighted by Crippen LogP contribution is -1.99. The van der Waals surface area contributed by atoms with Crippen molar-refractivity contribution in [2.75, 3.05) is 12.4 Å². The summed E-state index contributed by atoms with van der Waals surface area (Å²) in [7, 11) is 1.61. The van der Waals surface area contributed by atoms with Gasteiger partial charge in [-0.25, -0.2) is 9.97 Å². The molecule has 0 fully saturated rings. The summed E-state index contributed by atoms with van der Waals surface area (Å²) in [5, 5.41) is 4.88. The van der Waals surface area contributed by atoms with Gasteiger partial charge in [0.05, 0.1) is 17.3 Å². The van der Waals surface area contributed by atoms with Crippen molar-refractivity contribution in [3.8, 4) is 5.88 Å². The van der Waals surface area contributed by atoms with Crippen molar-refractivity contribution in [3.05, 3.63) is 47.1 Å². The number of benzene rings is 1. The van der Waals surface area contributed by atoms with Crippen molar-refractivity contribution < 1.29 is 4.74 Å². The van der Waals surface area contributed by atoms with E-state index in [4.69, 9.17) is 16.3 Å². The number of ether oxygens (including phenoxy) is 1. The van der Waals surface area contributed by atoms with Crippen LogP contribution in [0, 0.1) is 0 Å². The van der Waals surface area contributed by atoms with Crippen LogP contribution in [0.4, 0.5) is 5.13 Å². The molecule has 0 saturated carbocycles. The minimum Gasteiger partial charge on any atom is -0.481 e. The van der Waals surface area contributed by atoms with Crippen molar-refractivity contribution in [1.82, 2.24) is 9.97 Å². The van der Waals surface area contributed by atoms with Crippen molar-refractivity contribution in [2.24, 2.45) is 0 Å². The summed E-state index contributed by atoms with van der Waals surface area (Å²) < 4.78 is 6.22. The molecule has 0 atom stereocenters. The Morgan fingerprint density at radius 2 is 2.20 bits per heavy atom. The molecular formula is C14H12ClN3OS. The fraction of sp³-hybridized carbons (Fsp3) is 0.143. The molecule has 0 saturated heterocycles. The normalized spacial score (nSPS) is 10.7. The number of fused-ring (bicyclic) bond motifs is 1. The SMILES string of the molecule is COc1cc(CNc2nc3cc(Cl)ccc3s2)ccn1. The third-order valence-corrected chi connectivity index (χ3v) is 4.03. The van der Waals surface area contributed by atoms with E-state index < -0.39 is 0 Å². The molecule has 3 rings (SSSR count). The van der Waals surface area contributed by atoms with Crippen LogP contribution < -0.4 is 10.1 Å². The first-order valence-corrected chi connectivity index (χ1v) is 7.23. The molecule has 0 aliphatic heterocycles. The fourth-order valence-electron chi connectivity index (χ4n) is 1.83. The first-order valence-electron chi connectivity index (χ1n) is 6.03. The number of anilines is 1. The number of thiazole rings is 1. The van der Waals surface area contributed by atoms with Crippen molar-refractivity contribution in [3.63, 3.8) is 0 Å². The number of hydrogen-bond donors (Lipinski definition) is 1. The Morgan fingerprint density at radius 3 is 3.05 bits per heavy atom. The molecule has 1 N–H and O–H groups in total. The Balaban J connectivity index is 1.76. The first-order chi connectivity index (χ1) is 9.74. The van der Waals surface area contributed by atoms with Gasteiger partial charge in [0.15, 0.2) is 5.13 Å². The van der Waals surface area contributed by atoms with Crippen LogP contribution >= 0.6 is 22.9 Å². The number of aromatic nitrogens is 2. The van der Waals surface area contributed by atoms with E-state index in [0.717, 1.165) is 20.9 Å². The molecule has 0 amide bonds. The quantitative estimate of drug-likeness (QED) is 0.792. The van der Waals surface area contributed by atoms with Crippen LogP contribution in [0.15, 0.2) is 36.5 Å². The van der Waals surface area contributed by atoms with Crippen LogP contribution in [0.5, 0.6) is 5.88 Å². The maximum absolute atomic E-state index is 5.96. The lowest BCUT2D eigenvalue weighted by atomic mass is 10.3. The Bertz CT molecular complexity index is 744. The highest BCUT2D eigenvalue weighted by atomic mass is 35.5. The number of methoxy groups -OCH3 is 1. The summed E-state index contributed by atoms with van der Waals surface area (Å²) in [6.07, 6.45) is 1.73. The highest BCUT2D eigenvalue weighted by Gasteiger charge is 2.04. The minimum atomic E-state index is 0.611. The summed E-state index contributed by atoms with van der Waals surface area (Å²) >= 11 is 7.57. The zero-order valence-electron chi connectivity index (χ0n) is 10.8. The molecular weight excluding hydrogens is 294 g/mol. The smallest absolute Gasteiger partial charge is 0.213 e. The third-order valence-electron chi connectivity index (χ3n) is 2.80. The summed E-state index contributed by atoms with van der Waals surface area (Å²) in [6, 6.07) is 9.57. The molecule has 102 valence electrons. The molecule has 3 aromatic rings. The van der Waals surface area contributed by atoms with Gasteiger partial charge in [-0.1, -0.05) is 22.9 Å². The monoisotopic (exact) mass is 305 g/mol. The maximum atomic E-state index is 5.96. The number of pyridine rings is 1. The molecule has 0 aliphatic carbocycles. The fourth-order valence-corrected chi connectivity index (χ4v) is 2.83. The molecule has 2 aromatic heterocycles. The molecule has 0 spiro atoms. The lowest BCUT2D eigenvalue weighted by molar-refractivity contribution is 0.397. The van der Waals surface area contributed by atoms with E-state index in [1.54, 1.807) is 24.6 Å². The van der Waals surface area contributed by atoms with Gasteiger partial charge in [-0.2, -0.15) is 0 Å². The highest BCUT2D eigenvalue weighted by Crippen LogP contribution is 2.28. The second kappa shape index (κ2) is 5.64. The standard InChI is InChI=1S/C14H12ClN3OS/c1-19-13-6-9(4-5-16-13)8-17-14-18-11-7-10(15)2-3-12(11)20-14/h2-7H,8H2,1H3,(H,17,18). The van der Waals surface area contributed by atoms with Crippen LogP contribution in [0.3, 0.4) is 0 Å². The third kappa shape index (κ3) is 2.84. The average molecular weight is 306 g/mol. The molecule has 0 aliphatic rings. The van der Waals surface area contributed by atoms with E-state index in [9.17, 15) is 0 Å². The van der Waals surface area contributed by atoms with E-state index in [1.165, 1.54) is 0 Å². The molecule has 20 heavy (non-hydrogen) atoms. The molecule has 0 unspecified atom stereocenters. The highest BCUT2D eigenvalue weighted by molar-refractivity contribution is 7.22. The van der Waals surface area contributed by atoms with Gasteiger partial charge in [0.25, 0.3) is 0 Å². The van der Waals surface area contributed by atoms with Crippen molar-refractivity contribution in [1.29, 1.82) is 0 Å².